The predicted octanol–water partition coefficient (Wildman–Crippen LogP) is 3.59. The first kappa shape index (κ1) is 15.9. The zero-order valence-corrected chi connectivity index (χ0v) is 13.5. The van der Waals surface area contributed by atoms with E-state index in [1.807, 2.05) is 54.6 Å². The Morgan fingerprint density at radius 1 is 1.17 bits per heavy atom. The van der Waals surface area contributed by atoms with Gasteiger partial charge in [0.25, 0.3) is 5.91 Å². The largest absolute Gasteiger partial charge is 0.480 e. The van der Waals surface area contributed by atoms with Gasteiger partial charge in [-0.15, -0.1) is 6.42 Å². The highest BCUT2D eigenvalue weighted by Crippen LogP contribution is 2.30. The Balaban J connectivity index is 1.83. The number of hydrogen-bond acceptors (Lipinski definition) is 4. The Bertz CT molecular complexity index is 851. The maximum absolute atomic E-state index is 12.2. The van der Waals surface area contributed by atoms with Crippen molar-refractivity contribution in [2.24, 2.45) is 4.99 Å². The smallest absolute Gasteiger partial charge is 0.264 e. The fraction of sp³-hybridized carbons (Fsp3) is 0.0526. The van der Waals surface area contributed by atoms with E-state index >= 15 is 0 Å². The Morgan fingerprint density at radius 3 is 2.71 bits per heavy atom. The number of ether oxygens (including phenoxy) is 1. The number of para-hydroxylation sites is 2. The van der Waals surface area contributed by atoms with E-state index in [-0.39, 0.29) is 12.5 Å². The van der Waals surface area contributed by atoms with Crippen LogP contribution in [0.2, 0.25) is 0 Å². The van der Waals surface area contributed by atoms with E-state index < -0.39 is 0 Å². The summed E-state index contributed by atoms with van der Waals surface area (Å²) in [5.41, 5.74) is 1.59. The van der Waals surface area contributed by atoms with Crippen LogP contribution in [0.3, 0.4) is 0 Å². The van der Waals surface area contributed by atoms with Gasteiger partial charge in [0.1, 0.15) is 12.4 Å². The third kappa shape index (κ3) is 3.86. The molecule has 2 aromatic carbocycles. The van der Waals surface area contributed by atoms with Crippen LogP contribution in [-0.4, -0.2) is 17.7 Å². The summed E-state index contributed by atoms with van der Waals surface area (Å²) in [6.45, 7) is 0.181. The molecule has 1 aliphatic rings. The summed E-state index contributed by atoms with van der Waals surface area (Å²) < 4.78 is 5.50. The topological polar surface area (TPSA) is 50.7 Å². The molecule has 0 spiro atoms. The number of nitrogens with one attached hydrogen (secondary N) is 1. The lowest BCUT2D eigenvalue weighted by Crippen LogP contribution is -2.19. The predicted molar refractivity (Wildman–Crippen MR) is 98.0 cm³/mol. The third-order valence-electron chi connectivity index (χ3n) is 3.15. The molecule has 0 radical (unpaired) electrons. The molecule has 0 saturated carbocycles. The molecule has 0 aliphatic carbocycles. The van der Waals surface area contributed by atoms with Gasteiger partial charge in [0.2, 0.25) is 0 Å². The molecule has 24 heavy (non-hydrogen) atoms. The SMILES string of the molecule is C#CCOc1ccccc1/C=C1/SC(=Nc2ccccc2)NC1=O. The molecule has 2 aromatic rings. The lowest BCUT2D eigenvalue weighted by molar-refractivity contribution is -0.115. The van der Waals surface area contributed by atoms with Gasteiger partial charge in [-0.25, -0.2) is 4.99 Å². The van der Waals surface area contributed by atoms with Crippen molar-refractivity contribution in [2.75, 3.05) is 6.61 Å². The quantitative estimate of drug-likeness (QED) is 0.687. The molecule has 0 atom stereocenters. The van der Waals surface area contributed by atoms with Crippen molar-refractivity contribution in [3.8, 4) is 18.1 Å². The zero-order valence-electron chi connectivity index (χ0n) is 12.7. The molecular formula is C19H14N2O2S. The summed E-state index contributed by atoms with van der Waals surface area (Å²) in [6, 6.07) is 16.9. The summed E-state index contributed by atoms with van der Waals surface area (Å²) in [5.74, 6) is 2.90. The van der Waals surface area contributed by atoms with E-state index in [2.05, 4.69) is 16.2 Å². The van der Waals surface area contributed by atoms with E-state index in [1.165, 1.54) is 11.8 Å². The lowest BCUT2D eigenvalue weighted by atomic mass is 10.2. The van der Waals surface area contributed by atoms with Crippen molar-refractivity contribution in [1.29, 1.82) is 0 Å². The summed E-state index contributed by atoms with van der Waals surface area (Å²) in [7, 11) is 0. The van der Waals surface area contributed by atoms with E-state index in [0.717, 1.165) is 11.3 Å². The van der Waals surface area contributed by atoms with Crippen LogP contribution in [0, 0.1) is 12.3 Å². The number of amides is 1. The van der Waals surface area contributed by atoms with Gasteiger partial charge in [0.15, 0.2) is 5.17 Å². The Morgan fingerprint density at radius 2 is 1.92 bits per heavy atom. The third-order valence-corrected chi connectivity index (χ3v) is 4.06. The van der Waals surface area contributed by atoms with Crippen LogP contribution in [0.25, 0.3) is 6.08 Å². The molecule has 1 fully saturated rings. The molecule has 1 N–H and O–H groups in total. The summed E-state index contributed by atoms with van der Waals surface area (Å²) in [4.78, 5) is 17.1. The van der Waals surface area contributed by atoms with Crippen molar-refractivity contribution in [2.45, 2.75) is 0 Å². The minimum atomic E-state index is -0.179. The lowest BCUT2D eigenvalue weighted by Gasteiger charge is -2.06. The highest BCUT2D eigenvalue weighted by atomic mass is 32.2. The minimum Gasteiger partial charge on any atom is -0.480 e. The fourth-order valence-electron chi connectivity index (χ4n) is 2.09. The van der Waals surface area contributed by atoms with E-state index in [1.54, 1.807) is 6.08 Å². The maximum atomic E-state index is 12.2. The number of thioether (sulfide) groups is 1. The highest BCUT2D eigenvalue weighted by molar-refractivity contribution is 8.18. The van der Waals surface area contributed by atoms with Gasteiger partial charge in [-0.05, 0) is 36.0 Å². The average molecular weight is 334 g/mol. The van der Waals surface area contributed by atoms with Crippen molar-refractivity contribution < 1.29 is 9.53 Å². The first-order chi connectivity index (χ1) is 11.8. The first-order valence-corrected chi connectivity index (χ1v) is 8.08. The number of amidine groups is 1. The fourth-order valence-corrected chi connectivity index (χ4v) is 2.92. The van der Waals surface area contributed by atoms with Crippen LogP contribution in [0.15, 0.2) is 64.5 Å². The number of terminal acetylenes is 1. The molecule has 118 valence electrons. The zero-order chi connectivity index (χ0) is 16.8. The average Bonchev–Trinajstić information content (AvgIpc) is 2.94. The summed E-state index contributed by atoms with van der Waals surface area (Å²) in [5, 5.41) is 3.32. The van der Waals surface area contributed by atoms with Crippen LogP contribution in [0.5, 0.6) is 5.75 Å². The molecule has 0 bridgehead atoms. The molecular weight excluding hydrogens is 320 g/mol. The highest BCUT2D eigenvalue weighted by Gasteiger charge is 2.24. The normalized spacial score (nSPS) is 16.9. The number of benzene rings is 2. The Labute approximate surface area is 144 Å². The van der Waals surface area contributed by atoms with Gasteiger partial charge in [-0.1, -0.05) is 42.3 Å². The number of carbonyl (C=O) groups is 1. The van der Waals surface area contributed by atoms with Crippen molar-refractivity contribution in [3.63, 3.8) is 0 Å². The van der Waals surface area contributed by atoms with Crippen molar-refractivity contribution in [3.05, 3.63) is 65.1 Å². The van der Waals surface area contributed by atoms with Crippen LogP contribution in [0.1, 0.15) is 5.56 Å². The second-order valence-corrected chi connectivity index (χ2v) is 5.88. The minimum absolute atomic E-state index is 0.179. The number of nitrogens with zero attached hydrogens (tertiary/aromatic N) is 1. The van der Waals surface area contributed by atoms with E-state index in [0.29, 0.717) is 15.8 Å². The van der Waals surface area contributed by atoms with Crippen LogP contribution in [-0.2, 0) is 4.79 Å². The van der Waals surface area contributed by atoms with Crippen LogP contribution < -0.4 is 10.1 Å². The van der Waals surface area contributed by atoms with Gasteiger partial charge in [0.05, 0.1) is 10.6 Å². The van der Waals surface area contributed by atoms with Gasteiger partial charge >= 0.3 is 0 Å². The molecule has 1 amide bonds. The molecule has 0 unspecified atom stereocenters. The molecule has 3 rings (SSSR count). The molecule has 4 nitrogen and oxygen atoms in total. The second kappa shape index (κ2) is 7.53. The van der Waals surface area contributed by atoms with Gasteiger partial charge < -0.3 is 10.1 Å². The summed E-state index contributed by atoms with van der Waals surface area (Å²) in [6.07, 6.45) is 7.01. The summed E-state index contributed by atoms with van der Waals surface area (Å²) >= 11 is 1.30. The van der Waals surface area contributed by atoms with Crippen LogP contribution >= 0.6 is 11.8 Å². The number of aliphatic imine (C=N–C) groups is 1. The van der Waals surface area contributed by atoms with Gasteiger partial charge in [0, 0.05) is 5.56 Å². The van der Waals surface area contributed by atoms with Crippen molar-refractivity contribution >= 4 is 34.6 Å². The molecule has 1 saturated heterocycles. The first-order valence-electron chi connectivity index (χ1n) is 7.26. The standard InChI is InChI=1S/C19H14N2O2S/c1-2-12-23-16-11-7-6-8-14(16)13-17-18(22)21-19(24-17)20-15-9-4-3-5-10-15/h1,3-11,13H,12H2,(H,20,21,22)/b17-13+. The van der Waals surface area contributed by atoms with Crippen LogP contribution in [0.4, 0.5) is 5.69 Å². The van der Waals surface area contributed by atoms with E-state index in [4.69, 9.17) is 11.2 Å². The molecule has 1 aliphatic heterocycles. The molecule has 0 aromatic heterocycles. The van der Waals surface area contributed by atoms with Gasteiger partial charge in [-0.2, -0.15) is 0 Å². The van der Waals surface area contributed by atoms with E-state index in [9.17, 15) is 4.79 Å². The Kier molecular flexibility index (Phi) is 4.99. The molecule has 1 heterocycles. The van der Waals surface area contributed by atoms with Gasteiger partial charge in [-0.3, -0.25) is 4.79 Å². The number of carbonyl (C=O) groups excluding carboxylic acids is 1. The second-order valence-electron chi connectivity index (χ2n) is 4.85. The number of hydrogen-bond donors (Lipinski definition) is 1. The Hall–Kier alpha value is -2.97. The van der Waals surface area contributed by atoms with Crippen molar-refractivity contribution in [1.82, 2.24) is 5.32 Å². The molecule has 5 heteroatoms. The number of rotatable bonds is 4. The monoisotopic (exact) mass is 334 g/mol. The maximum Gasteiger partial charge on any atom is 0.264 e.